The van der Waals surface area contributed by atoms with Gasteiger partial charge in [0.05, 0.1) is 0 Å². The first-order valence-corrected chi connectivity index (χ1v) is 4.28. The number of rotatable bonds is 1. The van der Waals surface area contributed by atoms with E-state index in [9.17, 15) is 4.79 Å². The zero-order valence-electron chi connectivity index (χ0n) is 6.47. The molecule has 0 amide bonds. The molecule has 1 heteroatoms. The highest BCUT2D eigenvalue weighted by molar-refractivity contribution is 5.79. The lowest BCUT2D eigenvalue weighted by Gasteiger charge is -2.17. The lowest BCUT2D eigenvalue weighted by Crippen LogP contribution is -2.17. The van der Waals surface area contributed by atoms with Gasteiger partial charge in [0.25, 0.3) is 0 Å². The average molecular weight is 138 g/mol. The predicted molar refractivity (Wildman–Crippen MR) is 39.6 cm³/mol. The molecule has 2 rings (SSSR count). The van der Waals surface area contributed by atoms with Crippen molar-refractivity contribution in [3.05, 3.63) is 0 Å². The van der Waals surface area contributed by atoms with Crippen LogP contribution < -0.4 is 0 Å². The van der Waals surface area contributed by atoms with E-state index in [1.54, 1.807) is 6.92 Å². The molecule has 2 aliphatic carbocycles. The number of Topliss-reactive ketones (excluding diaryl/α,β-unsaturated/α-hetero) is 1. The van der Waals surface area contributed by atoms with Gasteiger partial charge in [0.1, 0.15) is 5.78 Å². The van der Waals surface area contributed by atoms with E-state index in [0.29, 0.717) is 11.7 Å². The highest BCUT2D eigenvalue weighted by Crippen LogP contribution is 2.48. The van der Waals surface area contributed by atoms with Gasteiger partial charge in [-0.1, -0.05) is 6.42 Å². The number of carbonyl (C=O) groups excluding carboxylic acids is 1. The molecule has 0 radical (unpaired) electrons. The molecule has 0 aliphatic heterocycles. The first kappa shape index (κ1) is 6.38. The van der Waals surface area contributed by atoms with Crippen molar-refractivity contribution in [2.24, 2.45) is 17.8 Å². The molecule has 0 spiro atoms. The van der Waals surface area contributed by atoms with E-state index in [1.807, 2.05) is 0 Å². The zero-order chi connectivity index (χ0) is 7.14. The summed E-state index contributed by atoms with van der Waals surface area (Å²) in [5, 5.41) is 0. The molecular formula is C9H14O. The van der Waals surface area contributed by atoms with Crippen molar-refractivity contribution in [1.82, 2.24) is 0 Å². The molecule has 3 atom stereocenters. The van der Waals surface area contributed by atoms with Crippen LogP contribution in [0.5, 0.6) is 0 Å². The van der Waals surface area contributed by atoms with Crippen LogP contribution >= 0.6 is 0 Å². The van der Waals surface area contributed by atoms with Crippen molar-refractivity contribution in [3.8, 4) is 0 Å². The van der Waals surface area contributed by atoms with Crippen LogP contribution in [-0.2, 0) is 4.79 Å². The topological polar surface area (TPSA) is 17.1 Å². The molecule has 56 valence electrons. The Kier molecular flexibility index (Phi) is 1.33. The third-order valence-electron chi connectivity index (χ3n) is 3.26. The summed E-state index contributed by atoms with van der Waals surface area (Å²) in [6, 6.07) is 0. The molecule has 10 heavy (non-hydrogen) atoms. The first-order valence-electron chi connectivity index (χ1n) is 4.28. The Morgan fingerprint density at radius 2 is 2.10 bits per heavy atom. The van der Waals surface area contributed by atoms with Crippen LogP contribution in [0.15, 0.2) is 0 Å². The maximum atomic E-state index is 11.0. The van der Waals surface area contributed by atoms with Gasteiger partial charge in [0, 0.05) is 5.92 Å². The van der Waals surface area contributed by atoms with Gasteiger partial charge < -0.3 is 0 Å². The normalized spacial score (nSPS) is 44.3. The highest BCUT2D eigenvalue weighted by Gasteiger charge is 2.41. The second kappa shape index (κ2) is 2.08. The van der Waals surface area contributed by atoms with E-state index in [1.165, 1.54) is 25.7 Å². The largest absolute Gasteiger partial charge is 0.300 e. The van der Waals surface area contributed by atoms with Crippen molar-refractivity contribution in [2.45, 2.75) is 32.6 Å². The summed E-state index contributed by atoms with van der Waals surface area (Å²) >= 11 is 0. The molecule has 2 aliphatic rings. The van der Waals surface area contributed by atoms with Crippen LogP contribution in [0, 0.1) is 17.8 Å². The summed E-state index contributed by atoms with van der Waals surface area (Å²) in [5.41, 5.74) is 0. The van der Waals surface area contributed by atoms with E-state index in [2.05, 4.69) is 0 Å². The standard InChI is InChI=1S/C9H14O/c1-6(10)9-5-7-2-3-8(9)4-7/h7-9H,2-5H2,1H3/t7-,8+,9+/m0/s1. The van der Waals surface area contributed by atoms with E-state index in [0.717, 1.165) is 11.8 Å². The van der Waals surface area contributed by atoms with Gasteiger partial charge >= 0.3 is 0 Å². The molecule has 1 nitrogen and oxygen atoms in total. The molecule has 0 unspecified atom stereocenters. The minimum Gasteiger partial charge on any atom is -0.300 e. The Balaban J connectivity index is 2.08. The molecule has 0 heterocycles. The fourth-order valence-electron chi connectivity index (χ4n) is 2.74. The van der Waals surface area contributed by atoms with Gasteiger partial charge in [-0.25, -0.2) is 0 Å². The fourth-order valence-corrected chi connectivity index (χ4v) is 2.74. The van der Waals surface area contributed by atoms with Gasteiger partial charge in [-0.2, -0.15) is 0 Å². The lowest BCUT2D eigenvalue weighted by molar-refractivity contribution is -0.122. The van der Waals surface area contributed by atoms with E-state index in [4.69, 9.17) is 0 Å². The minimum atomic E-state index is 0.437. The number of carbonyl (C=O) groups is 1. The van der Waals surface area contributed by atoms with Gasteiger partial charge in [0.15, 0.2) is 0 Å². The van der Waals surface area contributed by atoms with Crippen molar-refractivity contribution in [1.29, 1.82) is 0 Å². The van der Waals surface area contributed by atoms with Crippen molar-refractivity contribution < 1.29 is 4.79 Å². The Morgan fingerprint density at radius 1 is 1.30 bits per heavy atom. The van der Waals surface area contributed by atoms with Crippen LogP contribution in [0.25, 0.3) is 0 Å². The molecular weight excluding hydrogens is 124 g/mol. The summed E-state index contributed by atoms with van der Waals surface area (Å²) in [6.45, 7) is 1.76. The third kappa shape index (κ3) is 0.799. The second-order valence-corrected chi connectivity index (χ2v) is 3.89. The number of fused-ring (bicyclic) bond motifs is 2. The summed E-state index contributed by atoms with van der Waals surface area (Å²) < 4.78 is 0. The molecule has 2 fully saturated rings. The smallest absolute Gasteiger partial charge is 0.133 e. The van der Waals surface area contributed by atoms with E-state index >= 15 is 0 Å². The molecule has 2 saturated carbocycles. The number of hydrogen-bond acceptors (Lipinski definition) is 1. The Labute approximate surface area is 61.8 Å². The van der Waals surface area contributed by atoms with Crippen molar-refractivity contribution in [2.75, 3.05) is 0 Å². The van der Waals surface area contributed by atoms with Crippen LogP contribution in [0.2, 0.25) is 0 Å². The number of hydrogen-bond donors (Lipinski definition) is 0. The quantitative estimate of drug-likeness (QED) is 0.541. The Hall–Kier alpha value is -0.330. The summed E-state index contributed by atoms with van der Waals surface area (Å²) in [6.07, 6.45) is 5.29. The summed E-state index contributed by atoms with van der Waals surface area (Å²) in [4.78, 5) is 11.0. The van der Waals surface area contributed by atoms with Gasteiger partial charge in [0.2, 0.25) is 0 Å². The summed E-state index contributed by atoms with van der Waals surface area (Å²) in [5.74, 6) is 2.59. The van der Waals surface area contributed by atoms with Crippen molar-refractivity contribution >= 4 is 5.78 Å². The second-order valence-electron chi connectivity index (χ2n) is 3.89. The lowest BCUT2D eigenvalue weighted by atomic mass is 9.86. The van der Waals surface area contributed by atoms with E-state index < -0.39 is 0 Å². The highest BCUT2D eigenvalue weighted by atomic mass is 16.1. The summed E-state index contributed by atoms with van der Waals surface area (Å²) in [7, 11) is 0. The van der Waals surface area contributed by atoms with Crippen LogP contribution in [0.3, 0.4) is 0 Å². The molecule has 0 aromatic carbocycles. The van der Waals surface area contributed by atoms with Gasteiger partial charge in [-0.05, 0) is 38.0 Å². The molecule has 0 aromatic rings. The molecule has 0 N–H and O–H groups in total. The Bertz CT molecular complexity index is 162. The van der Waals surface area contributed by atoms with Gasteiger partial charge in [-0.3, -0.25) is 4.79 Å². The first-order chi connectivity index (χ1) is 4.77. The van der Waals surface area contributed by atoms with Crippen LogP contribution in [0.1, 0.15) is 32.6 Å². The van der Waals surface area contributed by atoms with E-state index in [-0.39, 0.29) is 0 Å². The van der Waals surface area contributed by atoms with Crippen LogP contribution in [-0.4, -0.2) is 5.78 Å². The number of ketones is 1. The zero-order valence-corrected chi connectivity index (χ0v) is 6.47. The molecule has 0 aromatic heterocycles. The average Bonchev–Trinajstić information content (AvgIpc) is 2.44. The maximum absolute atomic E-state index is 11.0. The Morgan fingerprint density at radius 3 is 2.40 bits per heavy atom. The van der Waals surface area contributed by atoms with Crippen molar-refractivity contribution in [3.63, 3.8) is 0 Å². The molecule has 0 saturated heterocycles. The third-order valence-corrected chi connectivity index (χ3v) is 3.26. The molecule has 2 bridgehead atoms. The monoisotopic (exact) mass is 138 g/mol. The SMILES string of the molecule is CC(=O)[C@H]1C[C@H]2CC[C@@H]1C2. The predicted octanol–water partition coefficient (Wildman–Crippen LogP) is 2.01. The van der Waals surface area contributed by atoms with Gasteiger partial charge in [-0.15, -0.1) is 0 Å². The maximum Gasteiger partial charge on any atom is 0.133 e. The minimum absolute atomic E-state index is 0.437. The fraction of sp³-hybridized carbons (Fsp3) is 0.889. The van der Waals surface area contributed by atoms with Crippen LogP contribution in [0.4, 0.5) is 0 Å².